The fourth-order valence-electron chi connectivity index (χ4n) is 12.8. The topological polar surface area (TPSA) is 347 Å². The summed E-state index contributed by atoms with van der Waals surface area (Å²) in [6.45, 7) is 2.96. The highest BCUT2D eigenvalue weighted by Gasteiger charge is 2.57. The van der Waals surface area contributed by atoms with Crippen molar-refractivity contribution >= 4 is 34.7 Å². The first-order chi connectivity index (χ1) is 40.2. The maximum absolute atomic E-state index is 13.6. The summed E-state index contributed by atoms with van der Waals surface area (Å²) < 4.78 is 69.6. The molecule has 4 saturated heterocycles. The number of hydrogen-bond donors (Lipinski definition) is 8. The van der Waals surface area contributed by atoms with Crippen LogP contribution in [0.1, 0.15) is 116 Å². The minimum atomic E-state index is -2.00. The minimum Gasteiger partial charge on any atom is -0.507 e. The van der Waals surface area contributed by atoms with Gasteiger partial charge in [0.1, 0.15) is 47.3 Å². The van der Waals surface area contributed by atoms with Gasteiger partial charge in [0.2, 0.25) is 18.3 Å². The number of phenols is 3. The van der Waals surface area contributed by atoms with Crippen molar-refractivity contribution in [3.05, 3.63) is 115 Å². The van der Waals surface area contributed by atoms with Crippen LogP contribution in [0.2, 0.25) is 0 Å². The molecule has 1 aromatic heterocycles. The Bertz CT molecular complexity index is 3410. The fourth-order valence-corrected chi connectivity index (χ4v) is 13.5. The van der Waals surface area contributed by atoms with Gasteiger partial charge in [0.15, 0.2) is 53.4 Å². The molecule has 4 aromatic carbocycles. The number of esters is 1. The fraction of sp³-hybridized carbons (Fsp3) is 0.458. The number of cyclic esters (lactones) is 1. The number of aliphatic hydroxyl groups excluding tert-OH is 3. The minimum absolute atomic E-state index is 0.0147. The molecule has 3 aliphatic carbocycles. The van der Waals surface area contributed by atoms with Gasteiger partial charge in [0, 0.05) is 53.8 Å². The summed E-state index contributed by atoms with van der Waals surface area (Å²) in [6, 6.07) is 14.4. The van der Waals surface area contributed by atoms with Gasteiger partial charge in [-0.25, -0.2) is 0 Å². The van der Waals surface area contributed by atoms with Crippen LogP contribution in [0.4, 0.5) is 0 Å². The van der Waals surface area contributed by atoms with Crippen LogP contribution in [-0.4, -0.2) is 161 Å². The highest BCUT2D eigenvalue weighted by molar-refractivity contribution is 7.10. The third-order valence-electron chi connectivity index (χ3n) is 17.2. The second-order valence-electron chi connectivity index (χ2n) is 21.9. The monoisotopic (exact) mass is 1180 g/mol. The van der Waals surface area contributed by atoms with Gasteiger partial charge in [0.05, 0.1) is 86.4 Å². The molecular weight excluding hydrogens is 1120 g/mol. The molecule has 25 heteroatoms. The zero-order chi connectivity index (χ0) is 59.4. The summed E-state index contributed by atoms with van der Waals surface area (Å²) in [4.78, 5) is 53.9. The van der Waals surface area contributed by atoms with Crippen LogP contribution in [0.25, 0.3) is 0 Å². The Morgan fingerprint density at radius 2 is 1.46 bits per heavy atom. The van der Waals surface area contributed by atoms with E-state index in [1.165, 1.54) is 57.8 Å². The summed E-state index contributed by atoms with van der Waals surface area (Å²) in [5.41, 5.74) is 4.97. The van der Waals surface area contributed by atoms with Crippen LogP contribution in [-0.2, 0) is 49.2 Å². The number of benzene rings is 4. The van der Waals surface area contributed by atoms with E-state index in [1.807, 2.05) is 23.6 Å². The number of phenolic OH excluding ortho intramolecular Hbond substituents is 3. The Morgan fingerprint density at radius 3 is 2.13 bits per heavy atom. The normalized spacial score (nSPS) is 32.5. The number of rotatable bonds is 10. The number of nitrogens with two attached hydrogens (primary N) is 1. The number of carbonyl (C=O) groups is 4. The number of carbonyl (C=O) groups excluding carboxylic acids is 4. The van der Waals surface area contributed by atoms with Crippen LogP contribution in [0.15, 0.2) is 60.0 Å². The van der Waals surface area contributed by atoms with Crippen LogP contribution in [0.5, 0.6) is 46.0 Å². The SMILES string of the molecule is COc1cc([C@@H]2c3cc4c(cc3[C@@H](O[C@@H]3O[C@@H]5COC(c6cccs6)O[C@H]5[C@H](O)[C@H]3O)[C@H]3COC(=O)[C@H]23)OCO4)cc(OC)c1O.COc1cccc2c1C(=O)c1c(O)c3c(c(O)c1C2=O)C[C@@](O)(C(C)=O)C[C@@H]3O[C@H]1C[C@H](N)[C@H](O)[C@H](C)O1. The van der Waals surface area contributed by atoms with E-state index in [0.717, 1.165) is 4.88 Å². The summed E-state index contributed by atoms with van der Waals surface area (Å²) >= 11 is 1.46. The highest BCUT2D eigenvalue weighted by atomic mass is 32.1. The van der Waals surface area contributed by atoms with E-state index in [-0.39, 0.29) is 78.1 Å². The summed E-state index contributed by atoms with van der Waals surface area (Å²) in [5.74, 6) is -4.26. The van der Waals surface area contributed by atoms with E-state index in [4.69, 9.17) is 62.6 Å². The molecule has 24 nitrogen and oxygen atoms in total. The smallest absolute Gasteiger partial charge is 0.310 e. The van der Waals surface area contributed by atoms with E-state index >= 15 is 0 Å². The molecule has 16 atom stereocenters. The van der Waals surface area contributed by atoms with Gasteiger partial charge in [-0.1, -0.05) is 18.2 Å². The number of thiophene rings is 1. The van der Waals surface area contributed by atoms with E-state index in [2.05, 4.69) is 0 Å². The zero-order valence-corrected chi connectivity index (χ0v) is 46.6. The Morgan fingerprint density at radius 1 is 0.762 bits per heavy atom. The van der Waals surface area contributed by atoms with Gasteiger partial charge >= 0.3 is 5.97 Å². The second kappa shape index (κ2) is 22.1. The predicted molar refractivity (Wildman–Crippen MR) is 286 cm³/mol. The van der Waals surface area contributed by atoms with Crippen LogP contribution >= 0.6 is 11.3 Å². The largest absolute Gasteiger partial charge is 0.507 e. The molecule has 0 saturated carbocycles. The van der Waals surface area contributed by atoms with Crippen molar-refractivity contribution in [2.45, 2.75) is 118 Å². The molecule has 13 rings (SSSR count). The Hall–Kier alpha value is -6.98. The van der Waals surface area contributed by atoms with E-state index in [9.17, 15) is 54.9 Å². The van der Waals surface area contributed by atoms with Crippen molar-refractivity contribution in [3.63, 3.8) is 0 Å². The first kappa shape index (κ1) is 57.5. The Labute approximate surface area is 482 Å². The van der Waals surface area contributed by atoms with Gasteiger partial charge in [-0.2, -0.15) is 0 Å². The number of methoxy groups -OCH3 is 3. The lowest BCUT2D eigenvalue weighted by Gasteiger charge is -2.48. The molecule has 84 heavy (non-hydrogen) atoms. The third kappa shape index (κ3) is 9.50. The number of hydrogen-bond acceptors (Lipinski definition) is 25. The molecule has 4 fully saturated rings. The van der Waals surface area contributed by atoms with E-state index < -0.39 is 149 Å². The predicted octanol–water partition coefficient (Wildman–Crippen LogP) is 3.78. The molecule has 8 aliphatic rings. The lowest BCUT2D eigenvalue weighted by Crippen LogP contribution is -2.62. The van der Waals surface area contributed by atoms with Crippen LogP contribution < -0.4 is 29.4 Å². The van der Waals surface area contributed by atoms with Crippen LogP contribution in [0.3, 0.4) is 0 Å². The van der Waals surface area contributed by atoms with Crippen LogP contribution in [0, 0.1) is 11.8 Å². The molecule has 9 N–H and O–H groups in total. The van der Waals surface area contributed by atoms with Gasteiger partial charge in [0.25, 0.3) is 0 Å². The maximum atomic E-state index is 13.6. The average molecular weight is 1180 g/mol. The van der Waals surface area contributed by atoms with Gasteiger partial charge in [-0.3, -0.25) is 19.2 Å². The Kier molecular flexibility index (Phi) is 15.1. The van der Waals surface area contributed by atoms with E-state index in [0.29, 0.717) is 28.2 Å². The van der Waals surface area contributed by atoms with Crippen molar-refractivity contribution < 1.29 is 112 Å². The number of aliphatic hydroxyl groups is 4. The zero-order valence-electron chi connectivity index (χ0n) is 45.8. The number of Topliss-reactive ketones (excluding diaryl/α,β-unsaturated/α-hetero) is 1. The molecular formula is C59H61NO23S. The van der Waals surface area contributed by atoms with Gasteiger partial charge < -0.3 is 98.3 Å². The van der Waals surface area contributed by atoms with Crippen molar-refractivity contribution in [1.29, 1.82) is 0 Å². The molecule has 6 heterocycles. The molecule has 5 aliphatic heterocycles. The van der Waals surface area contributed by atoms with Crippen molar-refractivity contribution in [1.82, 2.24) is 0 Å². The Balaban J connectivity index is 0.000000169. The molecule has 0 radical (unpaired) electrons. The summed E-state index contributed by atoms with van der Waals surface area (Å²) in [6.07, 6.45) is -11.7. The first-order valence-electron chi connectivity index (χ1n) is 27.1. The molecule has 1 unspecified atom stereocenters. The number of fused-ring (bicyclic) bond motifs is 7. The standard InChI is InChI=1S/C32H32O13S.C27H29NO10/c1-37-19-6-13(7-20(38-2)25(19)33)23-14-8-17-18(42-12-41-17)9-15(14)28(16-10-39-30(36)24(16)23)44-32-27(35)26(34)29-21(43-32)11-40-31(45-29)22-4-3-5-46-22;1-10-22(30)14(28)7-17(37-10)38-16-9-27(35,11(2)29)8-13-19(16)26(34)21-20(24(13)32)23(31)12-5-4-6-15(36-3)18(12)25(21)33/h3-9,16,21,23-24,26-29,31-35H,10-12H2,1-2H3;4-6,10,14,16-17,22,30,32,34-35H,7-9,28H2,1-3H3/t16-,21+,23+,24-,26+,27+,28+,29+,31?,32-;10-,14-,16-,17-,22+,27-/m00/s1. The van der Waals surface area contributed by atoms with Crippen molar-refractivity contribution in [2.75, 3.05) is 41.3 Å². The summed E-state index contributed by atoms with van der Waals surface area (Å²) in [7, 11) is 4.20. The molecule has 0 bridgehead atoms. The van der Waals surface area contributed by atoms with E-state index in [1.54, 1.807) is 25.1 Å². The lowest BCUT2D eigenvalue weighted by atomic mass is 9.66. The number of ether oxygens (including phenoxy) is 12. The molecule has 5 aromatic rings. The van der Waals surface area contributed by atoms with Gasteiger partial charge in [-0.05, 0) is 72.3 Å². The maximum Gasteiger partial charge on any atom is 0.310 e. The summed E-state index contributed by atoms with van der Waals surface area (Å²) in [5, 5.41) is 79.1. The number of aromatic hydroxyl groups is 3. The molecule has 446 valence electrons. The third-order valence-corrected chi connectivity index (χ3v) is 18.1. The molecule has 0 amide bonds. The second-order valence-corrected chi connectivity index (χ2v) is 22.9. The first-order valence-corrected chi connectivity index (χ1v) is 28.0. The average Bonchev–Trinajstić information content (AvgIpc) is 1.42. The van der Waals surface area contributed by atoms with Crippen molar-refractivity contribution in [2.24, 2.45) is 17.6 Å². The lowest BCUT2D eigenvalue weighted by molar-refractivity contribution is -0.368. The highest BCUT2D eigenvalue weighted by Crippen LogP contribution is 2.58. The quantitative estimate of drug-likeness (QED) is 0.0714. The van der Waals surface area contributed by atoms with Gasteiger partial charge in [-0.15, -0.1) is 11.3 Å². The van der Waals surface area contributed by atoms with Crippen molar-refractivity contribution in [3.8, 4) is 46.0 Å². The number of ketones is 3. The molecule has 0 spiro atoms.